The van der Waals surface area contributed by atoms with Crippen LogP contribution in [0.3, 0.4) is 0 Å². The quantitative estimate of drug-likeness (QED) is 0.773. The van der Waals surface area contributed by atoms with Crippen molar-refractivity contribution < 1.29 is 14.4 Å². The summed E-state index contributed by atoms with van der Waals surface area (Å²) in [4.78, 5) is 36.0. The zero-order valence-electron chi connectivity index (χ0n) is 15.4. The van der Waals surface area contributed by atoms with Gasteiger partial charge in [0.1, 0.15) is 0 Å². The van der Waals surface area contributed by atoms with Crippen LogP contribution in [0.1, 0.15) is 24.8 Å². The molecule has 3 amide bonds. The zero-order chi connectivity index (χ0) is 19.8. The SMILES string of the molecule is O=C(CCC(=O)N1CCC(c2ccccc2)=N1)NCC(=O)Nc1ccccc1. The van der Waals surface area contributed by atoms with Crippen molar-refractivity contribution in [1.82, 2.24) is 10.3 Å². The standard InChI is InChI=1S/C21H22N4O3/c26-19(22-15-20(27)23-17-9-5-2-6-10-17)11-12-21(28)25-14-13-18(24-25)16-7-3-1-4-8-16/h1-10H,11-15H2,(H,22,26)(H,23,27). The summed E-state index contributed by atoms with van der Waals surface area (Å²) in [6.07, 6.45) is 0.767. The van der Waals surface area contributed by atoms with Gasteiger partial charge in [-0.3, -0.25) is 14.4 Å². The number of hydrazone groups is 1. The fourth-order valence-electron chi connectivity index (χ4n) is 2.81. The van der Waals surface area contributed by atoms with Crippen molar-refractivity contribution in [3.8, 4) is 0 Å². The Kier molecular flexibility index (Phi) is 6.51. The van der Waals surface area contributed by atoms with Crippen LogP contribution in [0.5, 0.6) is 0 Å². The number of nitrogens with zero attached hydrogens (tertiary/aromatic N) is 2. The van der Waals surface area contributed by atoms with Crippen LogP contribution >= 0.6 is 0 Å². The second-order valence-corrected chi connectivity index (χ2v) is 6.37. The first-order valence-corrected chi connectivity index (χ1v) is 9.16. The summed E-state index contributed by atoms with van der Waals surface area (Å²) < 4.78 is 0. The van der Waals surface area contributed by atoms with Gasteiger partial charge in [-0.25, -0.2) is 5.01 Å². The van der Waals surface area contributed by atoms with E-state index in [2.05, 4.69) is 15.7 Å². The third kappa shape index (κ3) is 5.51. The summed E-state index contributed by atoms with van der Waals surface area (Å²) in [5, 5.41) is 11.0. The molecule has 7 nitrogen and oxygen atoms in total. The molecule has 0 bridgehead atoms. The lowest BCUT2D eigenvalue weighted by Crippen LogP contribution is -2.33. The molecule has 0 saturated heterocycles. The van der Waals surface area contributed by atoms with Crippen LogP contribution < -0.4 is 10.6 Å². The first kappa shape index (κ1) is 19.3. The fourth-order valence-corrected chi connectivity index (χ4v) is 2.81. The maximum absolute atomic E-state index is 12.3. The Hall–Kier alpha value is -3.48. The molecule has 0 spiro atoms. The molecule has 1 heterocycles. The molecule has 3 rings (SSSR count). The van der Waals surface area contributed by atoms with Gasteiger partial charge in [0.15, 0.2) is 0 Å². The predicted molar refractivity (Wildman–Crippen MR) is 107 cm³/mol. The summed E-state index contributed by atoms with van der Waals surface area (Å²) >= 11 is 0. The van der Waals surface area contributed by atoms with Gasteiger partial charge < -0.3 is 10.6 Å². The largest absolute Gasteiger partial charge is 0.347 e. The number of nitrogens with one attached hydrogen (secondary N) is 2. The molecule has 0 unspecified atom stereocenters. The van der Waals surface area contributed by atoms with Crippen molar-refractivity contribution in [3.05, 3.63) is 66.2 Å². The van der Waals surface area contributed by atoms with Gasteiger partial charge in [-0.1, -0.05) is 48.5 Å². The smallest absolute Gasteiger partial charge is 0.243 e. The minimum absolute atomic E-state index is 0.0180. The van der Waals surface area contributed by atoms with Crippen molar-refractivity contribution in [2.75, 3.05) is 18.4 Å². The van der Waals surface area contributed by atoms with Gasteiger partial charge in [0, 0.05) is 24.9 Å². The Labute approximate surface area is 163 Å². The van der Waals surface area contributed by atoms with E-state index in [0.717, 1.165) is 11.3 Å². The van der Waals surface area contributed by atoms with E-state index in [1.165, 1.54) is 5.01 Å². The molecule has 144 valence electrons. The van der Waals surface area contributed by atoms with Gasteiger partial charge in [-0.2, -0.15) is 5.10 Å². The molecule has 0 aliphatic carbocycles. The van der Waals surface area contributed by atoms with E-state index in [4.69, 9.17) is 0 Å². The van der Waals surface area contributed by atoms with Gasteiger partial charge in [0.05, 0.1) is 18.8 Å². The number of para-hydroxylation sites is 1. The highest BCUT2D eigenvalue weighted by Gasteiger charge is 2.21. The molecule has 7 heteroatoms. The summed E-state index contributed by atoms with van der Waals surface area (Å²) in [5.41, 5.74) is 2.54. The van der Waals surface area contributed by atoms with Gasteiger partial charge in [-0.15, -0.1) is 0 Å². The van der Waals surface area contributed by atoms with Crippen LogP contribution in [0.2, 0.25) is 0 Å². The van der Waals surface area contributed by atoms with Crippen LogP contribution in [0.4, 0.5) is 5.69 Å². The topological polar surface area (TPSA) is 90.9 Å². The van der Waals surface area contributed by atoms with E-state index in [9.17, 15) is 14.4 Å². The third-order valence-electron chi connectivity index (χ3n) is 4.27. The zero-order valence-corrected chi connectivity index (χ0v) is 15.4. The van der Waals surface area contributed by atoms with E-state index < -0.39 is 0 Å². The Morgan fingerprint density at radius 1 is 0.893 bits per heavy atom. The summed E-state index contributed by atoms with van der Waals surface area (Å²) in [5.74, 6) is -0.861. The number of carbonyl (C=O) groups excluding carboxylic acids is 3. The van der Waals surface area contributed by atoms with Crippen molar-refractivity contribution in [2.24, 2.45) is 5.10 Å². The lowest BCUT2D eigenvalue weighted by atomic mass is 10.1. The highest BCUT2D eigenvalue weighted by atomic mass is 16.2. The fraction of sp³-hybridized carbons (Fsp3) is 0.238. The van der Waals surface area contributed by atoms with Crippen molar-refractivity contribution in [1.29, 1.82) is 0 Å². The Morgan fingerprint density at radius 2 is 1.57 bits per heavy atom. The van der Waals surface area contributed by atoms with Gasteiger partial charge >= 0.3 is 0 Å². The second-order valence-electron chi connectivity index (χ2n) is 6.37. The van der Waals surface area contributed by atoms with Gasteiger partial charge in [0.25, 0.3) is 0 Å². The van der Waals surface area contributed by atoms with Crippen LogP contribution in [0.25, 0.3) is 0 Å². The minimum Gasteiger partial charge on any atom is -0.347 e. The molecule has 0 aromatic heterocycles. The molecular formula is C21H22N4O3. The van der Waals surface area contributed by atoms with Crippen molar-refractivity contribution in [2.45, 2.75) is 19.3 Å². The summed E-state index contributed by atoms with van der Waals surface area (Å²) in [7, 11) is 0. The first-order valence-electron chi connectivity index (χ1n) is 9.16. The van der Waals surface area contributed by atoms with E-state index in [1.54, 1.807) is 12.1 Å². The maximum atomic E-state index is 12.3. The van der Waals surface area contributed by atoms with Crippen LogP contribution in [-0.2, 0) is 14.4 Å². The van der Waals surface area contributed by atoms with E-state index in [-0.39, 0.29) is 37.1 Å². The molecule has 28 heavy (non-hydrogen) atoms. The van der Waals surface area contributed by atoms with Crippen LogP contribution in [0, 0.1) is 0 Å². The lowest BCUT2D eigenvalue weighted by molar-refractivity contribution is -0.133. The lowest BCUT2D eigenvalue weighted by Gasteiger charge is -2.11. The Morgan fingerprint density at radius 3 is 2.29 bits per heavy atom. The molecule has 2 N–H and O–H groups in total. The van der Waals surface area contributed by atoms with Crippen molar-refractivity contribution >= 4 is 29.1 Å². The molecule has 0 fully saturated rings. The number of amides is 3. The number of anilines is 1. The normalized spacial score (nSPS) is 13.0. The molecule has 2 aromatic rings. The minimum atomic E-state index is -0.344. The Bertz CT molecular complexity index is 866. The molecule has 2 aromatic carbocycles. The van der Waals surface area contributed by atoms with E-state index in [0.29, 0.717) is 18.7 Å². The molecule has 0 saturated carbocycles. The predicted octanol–water partition coefficient (Wildman–Crippen LogP) is 2.16. The van der Waals surface area contributed by atoms with Gasteiger partial charge in [0.2, 0.25) is 17.7 Å². The molecule has 1 aliphatic heterocycles. The molecule has 0 radical (unpaired) electrons. The highest BCUT2D eigenvalue weighted by molar-refractivity contribution is 6.02. The monoisotopic (exact) mass is 378 g/mol. The first-order chi connectivity index (χ1) is 13.6. The molecule has 1 aliphatic rings. The average Bonchev–Trinajstić information content (AvgIpc) is 3.22. The second kappa shape index (κ2) is 9.45. The van der Waals surface area contributed by atoms with Gasteiger partial charge in [-0.05, 0) is 17.7 Å². The number of benzene rings is 2. The van der Waals surface area contributed by atoms with Crippen LogP contribution in [0.15, 0.2) is 65.8 Å². The third-order valence-corrected chi connectivity index (χ3v) is 4.27. The Balaban J connectivity index is 1.39. The molecule has 0 atom stereocenters. The maximum Gasteiger partial charge on any atom is 0.243 e. The van der Waals surface area contributed by atoms with Crippen molar-refractivity contribution in [3.63, 3.8) is 0 Å². The average molecular weight is 378 g/mol. The molecular weight excluding hydrogens is 356 g/mol. The number of rotatable bonds is 7. The van der Waals surface area contributed by atoms with Crippen LogP contribution in [-0.4, -0.2) is 41.5 Å². The summed E-state index contributed by atoms with van der Waals surface area (Å²) in [6, 6.07) is 18.7. The number of hydrogen-bond acceptors (Lipinski definition) is 4. The van der Waals surface area contributed by atoms with E-state index >= 15 is 0 Å². The summed E-state index contributed by atoms with van der Waals surface area (Å²) in [6.45, 7) is 0.381. The highest BCUT2D eigenvalue weighted by Crippen LogP contribution is 2.14. The number of carbonyl (C=O) groups is 3. The van der Waals surface area contributed by atoms with E-state index in [1.807, 2.05) is 48.5 Å². The number of hydrogen-bond donors (Lipinski definition) is 2.